The number of hydrogen-bond donors (Lipinski definition) is 3. The van der Waals surface area contributed by atoms with Crippen LogP contribution >= 0.6 is 23.1 Å². The van der Waals surface area contributed by atoms with Gasteiger partial charge in [-0.15, -0.1) is 10.2 Å². The highest BCUT2D eigenvalue weighted by Gasteiger charge is 2.16. The molecular weight excluding hydrogens is 415 g/mol. The Balaban J connectivity index is 1.33. The van der Waals surface area contributed by atoms with Gasteiger partial charge in [-0.1, -0.05) is 23.1 Å². The van der Waals surface area contributed by atoms with Crippen LogP contribution < -0.4 is 16.4 Å². The fourth-order valence-electron chi connectivity index (χ4n) is 2.69. The Kier molecular flexibility index (Phi) is 6.32. The highest BCUT2D eigenvalue weighted by Crippen LogP contribution is 2.28. The first-order chi connectivity index (χ1) is 14.1. The van der Waals surface area contributed by atoms with Gasteiger partial charge in [0.05, 0.1) is 11.9 Å². The Labute approximate surface area is 174 Å². The number of aromatic nitrogens is 5. The molecule has 9 nitrogen and oxygen atoms in total. The first kappa shape index (κ1) is 19.7. The first-order valence-corrected chi connectivity index (χ1v) is 10.8. The van der Waals surface area contributed by atoms with Crippen molar-refractivity contribution >= 4 is 45.8 Å². The van der Waals surface area contributed by atoms with Crippen LogP contribution in [0.1, 0.15) is 18.7 Å². The van der Waals surface area contributed by atoms with Crippen LogP contribution in [0.25, 0.3) is 0 Å². The molecule has 1 aliphatic rings. The van der Waals surface area contributed by atoms with Gasteiger partial charge in [0.2, 0.25) is 17.0 Å². The molecule has 3 aromatic rings. The summed E-state index contributed by atoms with van der Waals surface area (Å²) in [5, 5.41) is 15.3. The minimum atomic E-state index is -0.315. The molecule has 29 heavy (non-hydrogen) atoms. The number of thioether (sulfide) groups is 1. The Morgan fingerprint density at radius 3 is 2.86 bits per heavy atom. The second kappa shape index (κ2) is 9.29. The molecule has 3 heterocycles. The van der Waals surface area contributed by atoms with Crippen molar-refractivity contribution in [3.63, 3.8) is 0 Å². The maximum Gasteiger partial charge on any atom is 0.232 e. The quantitative estimate of drug-likeness (QED) is 0.456. The summed E-state index contributed by atoms with van der Waals surface area (Å²) in [6.45, 7) is 1.57. The molecule has 1 saturated heterocycles. The van der Waals surface area contributed by atoms with E-state index >= 15 is 0 Å². The predicted molar refractivity (Wildman–Crippen MR) is 111 cm³/mol. The molecule has 0 unspecified atom stereocenters. The van der Waals surface area contributed by atoms with Crippen LogP contribution in [0.4, 0.5) is 27.1 Å². The Morgan fingerprint density at radius 1 is 1.21 bits per heavy atom. The van der Waals surface area contributed by atoms with Gasteiger partial charge in [-0.3, -0.25) is 0 Å². The number of halogens is 1. The first-order valence-electron chi connectivity index (χ1n) is 8.99. The van der Waals surface area contributed by atoms with Crippen LogP contribution in [0.3, 0.4) is 0 Å². The van der Waals surface area contributed by atoms with Crippen LogP contribution in [0, 0.1) is 5.82 Å². The molecule has 2 aromatic heterocycles. The summed E-state index contributed by atoms with van der Waals surface area (Å²) < 4.78 is 19.4. The van der Waals surface area contributed by atoms with Crippen molar-refractivity contribution in [2.75, 3.05) is 29.5 Å². The second-order valence-corrected chi connectivity index (χ2v) is 8.44. The van der Waals surface area contributed by atoms with E-state index in [1.807, 2.05) is 0 Å². The summed E-state index contributed by atoms with van der Waals surface area (Å²) in [7, 11) is 0. The average Bonchev–Trinajstić information content (AvgIpc) is 3.38. The van der Waals surface area contributed by atoms with Crippen molar-refractivity contribution < 1.29 is 9.13 Å². The van der Waals surface area contributed by atoms with Crippen molar-refractivity contribution in [3.05, 3.63) is 35.9 Å². The van der Waals surface area contributed by atoms with Gasteiger partial charge in [0.15, 0.2) is 4.34 Å². The van der Waals surface area contributed by atoms with E-state index in [1.54, 1.807) is 12.1 Å². The van der Waals surface area contributed by atoms with Gasteiger partial charge >= 0.3 is 0 Å². The molecule has 0 radical (unpaired) electrons. The molecule has 0 amide bonds. The molecule has 152 valence electrons. The van der Waals surface area contributed by atoms with E-state index < -0.39 is 0 Å². The van der Waals surface area contributed by atoms with Gasteiger partial charge in [0.1, 0.15) is 11.6 Å². The number of rotatable bonds is 8. The topological polar surface area (TPSA) is 124 Å². The third kappa shape index (κ3) is 5.71. The number of ether oxygens (including phenoxy) is 1. The maximum absolute atomic E-state index is 13.0. The lowest BCUT2D eigenvalue weighted by Crippen LogP contribution is -2.18. The zero-order chi connectivity index (χ0) is 20.1. The molecule has 0 spiro atoms. The molecule has 12 heteroatoms. The van der Waals surface area contributed by atoms with Crippen LogP contribution in [0.15, 0.2) is 28.6 Å². The summed E-state index contributed by atoms with van der Waals surface area (Å²) in [6, 6.07) is 5.89. The summed E-state index contributed by atoms with van der Waals surface area (Å²) in [5.41, 5.74) is 6.45. The van der Waals surface area contributed by atoms with E-state index in [2.05, 4.69) is 35.8 Å². The van der Waals surface area contributed by atoms with E-state index in [1.165, 1.54) is 35.2 Å². The van der Waals surface area contributed by atoms with E-state index in [9.17, 15) is 4.39 Å². The van der Waals surface area contributed by atoms with Crippen molar-refractivity contribution in [3.8, 4) is 0 Å². The second-order valence-electron chi connectivity index (χ2n) is 6.24. The highest BCUT2D eigenvalue weighted by atomic mass is 32.2. The van der Waals surface area contributed by atoms with E-state index in [-0.39, 0.29) is 17.9 Å². The lowest BCUT2D eigenvalue weighted by molar-refractivity contribution is 0.120. The standard InChI is InChI=1S/C17H19FN8OS2/c18-10-3-5-11(6-4-10)21-15-23-13(22-14(19)24-15)9-28-17-26-25-16(29-17)20-8-12-2-1-7-27-12/h3-6,12H,1-2,7-9H2,(H,20,25)(H3,19,21,22,23,24)/t12-/m0/s1. The Hall–Kier alpha value is -2.57. The Bertz CT molecular complexity index is 949. The predicted octanol–water partition coefficient (Wildman–Crippen LogP) is 3.07. The van der Waals surface area contributed by atoms with Crippen LogP contribution in [0.2, 0.25) is 0 Å². The summed E-state index contributed by atoms with van der Waals surface area (Å²) in [6.07, 6.45) is 2.43. The summed E-state index contributed by atoms with van der Waals surface area (Å²) in [5.74, 6) is 1.07. The molecule has 1 fully saturated rings. The number of nitrogens with one attached hydrogen (secondary N) is 2. The summed E-state index contributed by atoms with van der Waals surface area (Å²) in [4.78, 5) is 12.6. The van der Waals surface area contributed by atoms with Gasteiger partial charge in [-0.25, -0.2) is 4.39 Å². The zero-order valence-corrected chi connectivity index (χ0v) is 17.0. The summed E-state index contributed by atoms with van der Waals surface area (Å²) >= 11 is 2.93. The van der Waals surface area contributed by atoms with Crippen molar-refractivity contribution in [1.82, 2.24) is 25.1 Å². The van der Waals surface area contributed by atoms with Crippen molar-refractivity contribution in [2.45, 2.75) is 29.0 Å². The molecule has 1 aromatic carbocycles. The lowest BCUT2D eigenvalue weighted by atomic mass is 10.2. The normalized spacial score (nSPS) is 16.1. The van der Waals surface area contributed by atoms with Gasteiger partial charge in [0.25, 0.3) is 0 Å². The molecule has 0 aliphatic carbocycles. The van der Waals surface area contributed by atoms with E-state index in [0.29, 0.717) is 23.2 Å². The largest absolute Gasteiger partial charge is 0.376 e. The fourth-order valence-corrected chi connectivity index (χ4v) is 4.31. The minimum Gasteiger partial charge on any atom is -0.376 e. The van der Waals surface area contributed by atoms with Crippen molar-refractivity contribution in [1.29, 1.82) is 0 Å². The smallest absolute Gasteiger partial charge is 0.232 e. The molecule has 1 atom stereocenters. The van der Waals surface area contributed by atoms with Gasteiger partial charge in [0, 0.05) is 18.8 Å². The zero-order valence-electron chi connectivity index (χ0n) is 15.3. The van der Waals surface area contributed by atoms with E-state index in [0.717, 1.165) is 35.5 Å². The van der Waals surface area contributed by atoms with Gasteiger partial charge < -0.3 is 21.1 Å². The van der Waals surface area contributed by atoms with Crippen LogP contribution in [0.5, 0.6) is 0 Å². The number of anilines is 4. The number of nitrogens with two attached hydrogens (primary N) is 1. The minimum absolute atomic E-state index is 0.108. The number of hydrogen-bond acceptors (Lipinski definition) is 11. The van der Waals surface area contributed by atoms with Crippen LogP contribution in [-0.2, 0) is 10.5 Å². The maximum atomic E-state index is 13.0. The average molecular weight is 435 g/mol. The monoisotopic (exact) mass is 434 g/mol. The van der Waals surface area contributed by atoms with Gasteiger partial charge in [-0.05, 0) is 37.1 Å². The third-order valence-corrected chi connectivity index (χ3v) is 6.05. The SMILES string of the molecule is Nc1nc(CSc2nnc(NC[C@@H]3CCCO3)s2)nc(Nc2ccc(F)cc2)n1. The van der Waals surface area contributed by atoms with Crippen molar-refractivity contribution in [2.24, 2.45) is 0 Å². The lowest BCUT2D eigenvalue weighted by Gasteiger charge is -2.08. The Morgan fingerprint density at radius 2 is 2.07 bits per heavy atom. The molecule has 0 bridgehead atoms. The number of nitrogens with zero attached hydrogens (tertiary/aromatic N) is 5. The molecule has 4 rings (SSSR count). The molecule has 4 N–H and O–H groups in total. The highest BCUT2D eigenvalue weighted by molar-refractivity contribution is 8.00. The number of benzene rings is 1. The third-order valence-electron chi connectivity index (χ3n) is 4.04. The number of nitrogen functional groups attached to an aromatic ring is 1. The van der Waals surface area contributed by atoms with E-state index in [4.69, 9.17) is 10.5 Å². The fraction of sp³-hybridized carbons (Fsp3) is 0.353. The van der Waals surface area contributed by atoms with Crippen LogP contribution in [-0.4, -0.2) is 44.4 Å². The molecule has 1 aliphatic heterocycles. The molecular formula is C17H19FN8OS2. The van der Waals surface area contributed by atoms with Gasteiger partial charge in [-0.2, -0.15) is 15.0 Å². The molecule has 0 saturated carbocycles.